The lowest BCUT2D eigenvalue weighted by Crippen LogP contribution is -2.52. The fourth-order valence-electron chi connectivity index (χ4n) is 1.11. The molecule has 0 radical (unpaired) electrons. The zero-order chi connectivity index (χ0) is 11.8. The molecule has 15 heavy (non-hydrogen) atoms. The Morgan fingerprint density at radius 2 is 2.07 bits per heavy atom. The van der Waals surface area contributed by atoms with Gasteiger partial charge in [-0.2, -0.15) is 0 Å². The van der Waals surface area contributed by atoms with E-state index in [1.807, 2.05) is 0 Å². The van der Waals surface area contributed by atoms with Crippen molar-refractivity contribution in [1.82, 2.24) is 10.3 Å². The average Bonchev–Trinajstić information content (AvgIpc) is 2.28. The van der Waals surface area contributed by atoms with Gasteiger partial charge in [0.1, 0.15) is 0 Å². The van der Waals surface area contributed by atoms with Crippen LogP contribution in [0.3, 0.4) is 0 Å². The number of nitrogens with one attached hydrogen (secondary N) is 1. The van der Waals surface area contributed by atoms with Crippen molar-refractivity contribution in [3.63, 3.8) is 0 Å². The van der Waals surface area contributed by atoms with Crippen LogP contribution in [0.25, 0.3) is 0 Å². The van der Waals surface area contributed by atoms with E-state index in [0.717, 1.165) is 5.01 Å². The molecule has 0 aliphatic carbocycles. The van der Waals surface area contributed by atoms with E-state index in [1.54, 1.807) is 13.8 Å². The van der Waals surface area contributed by atoms with Gasteiger partial charge in [-0.15, -0.1) is 5.10 Å². The summed E-state index contributed by atoms with van der Waals surface area (Å²) in [5, 5.41) is 25.5. The largest absolute Gasteiger partial charge is 0.352 e. The average molecular weight is 215 g/mol. The summed E-state index contributed by atoms with van der Waals surface area (Å²) in [4.78, 5) is 22.1. The van der Waals surface area contributed by atoms with E-state index >= 15 is 0 Å². The van der Waals surface area contributed by atoms with Crippen molar-refractivity contribution in [2.45, 2.75) is 32.6 Å². The number of amides is 2. The minimum absolute atomic E-state index is 0.317. The van der Waals surface area contributed by atoms with Crippen molar-refractivity contribution in [1.29, 1.82) is 0 Å². The lowest BCUT2D eigenvalue weighted by Gasteiger charge is -2.18. The first-order chi connectivity index (χ1) is 6.76. The summed E-state index contributed by atoms with van der Waals surface area (Å²) in [6.45, 7) is 4.50. The molecule has 0 atom stereocenters. The van der Waals surface area contributed by atoms with Crippen LogP contribution in [0, 0.1) is 0 Å². The highest BCUT2D eigenvalue weighted by molar-refractivity contribution is 6.16. The van der Waals surface area contributed by atoms with E-state index in [0.29, 0.717) is 0 Å². The van der Waals surface area contributed by atoms with Gasteiger partial charge in [0.15, 0.2) is 5.84 Å². The summed E-state index contributed by atoms with van der Waals surface area (Å²) in [5.74, 6) is -4.70. The van der Waals surface area contributed by atoms with Gasteiger partial charge in [-0.05, 0) is 13.8 Å². The molecule has 0 saturated heterocycles. The molecule has 2 amide bonds. The number of nitrogens with zero attached hydrogens (tertiary/aromatic N) is 2. The topological polar surface area (TPSA) is 102 Å². The van der Waals surface area contributed by atoms with Gasteiger partial charge in [-0.1, -0.05) is 0 Å². The van der Waals surface area contributed by atoms with Gasteiger partial charge in [-0.3, -0.25) is 9.59 Å². The lowest BCUT2D eigenvalue weighted by molar-refractivity contribution is -0.170. The van der Waals surface area contributed by atoms with Crippen LogP contribution in [0.5, 0.6) is 0 Å². The Hall–Kier alpha value is -1.47. The summed E-state index contributed by atoms with van der Waals surface area (Å²) < 4.78 is 0. The van der Waals surface area contributed by atoms with Gasteiger partial charge < -0.3 is 15.5 Å². The first kappa shape index (κ1) is 11.6. The van der Waals surface area contributed by atoms with Gasteiger partial charge in [-0.25, -0.2) is 5.01 Å². The van der Waals surface area contributed by atoms with Gasteiger partial charge in [0.05, 0.1) is 6.04 Å². The summed E-state index contributed by atoms with van der Waals surface area (Å²) in [5.41, 5.74) is 0. The fourth-order valence-corrected chi connectivity index (χ4v) is 1.11. The van der Waals surface area contributed by atoms with E-state index in [9.17, 15) is 19.8 Å². The minimum atomic E-state index is -2.74. The molecule has 0 aromatic rings. The maximum absolute atomic E-state index is 11.4. The van der Waals surface area contributed by atoms with Gasteiger partial charge in [0.2, 0.25) is 5.91 Å². The maximum atomic E-state index is 11.4. The van der Waals surface area contributed by atoms with Crippen molar-refractivity contribution >= 4 is 17.6 Å². The number of amidine groups is 1. The van der Waals surface area contributed by atoms with Crippen LogP contribution in [0.1, 0.15) is 20.8 Å². The van der Waals surface area contributed by atoms with E-state index in [-0.39, 0.29) is 6.04 Å². The second-order valence-electron chi connectivity index (χ2n) is 3.55. The van der Waals surface area contributed by atoms with E-state index in [2.05, 4.69) is 10.4 Å². The van der Waals surface area contributed by atoms with E-state index in [1.165, 1.54) is 6.92 Å². The first-order valence-corrected chi connectivity index (χ1v) is 4.42. The quantitative estimate of drug-likeness (QED) is 0.457. The van der Waals surface area contributed by atoms with Crippen LogP contribution in [0.4, 0.5) is 0 Å². The maximum Gasteiger partial charge on any atom is 0.311 e. The second-order valence-corrected chi connectivity index (χ2v) is 3.55. The van der Waals surface area contributed by atoms with Gasteiger partial charge in [0, 0.05) is 6.92 Å². The third kappa shape index (κ3) is 1.97. The number of hydrogen-bond donors (Lipinski definition) is 3. The van der Waals surface area contributed by atoms with Crippen LogP contribution >= 0.6 is 0 Å². The Bertz CT molecular complexity index is 335. The monoisotopic (exact) mass is 215 g/mol. The summed E-state index contributed by atoms with van der Waals surface area (Å²) in [6.07, 6.45) is 0. The van der Waals surface area contributed by atoms with Crippen molar-refractivity contribution in [3.05, 3.63) is 0 Å². The van der Waals surface area contributed by atoms with E-state index < -0.39 is 23.4 Å². The van der Waals surface area contributed by atoms with Crippen molar-refractivity contribution in [2.75, 3.05) is 0 Å². The highest BCUT2D eigenvalue weighted by atomic mass is 16.5. The minimum Gasteiger partial charge on any atom is -0.352 e. The Labute approximate surface area is 86.4 Å². The third-order valence-corrected chi connectivity index (χ3v) is 1.83. The summed E-state index contributed by atoms with van der Waals surface area (Å²) in [7, 11) is 0. The molecule has 0 aromatic heterocycles. The van der Waals surface area contributed by atoms with Gasteiger partial charge in [0.25, 0.3) is 0 Å². The highest BCUT2D eigenvalue weighted by Gasteiger charge is 2.50. The van der Waals surface area contributed by atoms with Gasteiger partial charge >= 0.3 is 11.7 Å². The molecule has 3 N–H and O–H groups in total. The normalized spacial score (nSPS) is 19.5. The highest BCUT2D eigenvalue weighted by Crippen LogP contribution is 2.18. The number of carbonyl (C=O) groups is 2. The Morgan fingerprint density at radius 3 is 2.40 bits per heavy atom. The Kier molecular flexibility index (Phi) is 2.78. The van der Waals surface area contributed by atoms with Crippen LogP contribution < -0.4 is 5.32 Å². The van der Waals surface area contributed by atoms with Crippen molar-refractivity contribution in [3.8, 4) is 0 Å². The van der Waals surface area contributed by atoms with Crippen LogP contribution in [0.15, 0.2) is 5.10 Å². The Balaban J connectivity index is 2.99. The third-order valence-electron chi connectivity index (χ3n) is 1.83. The van der Waals surface area contributed by atoms with Crippen molar-refractivity contribution in [2.24, 2.45) is 5.10 Å². The molecule has 1 aliphatic rings. The number of rotatable bonds is 1. The van der Waals surface area contributed by atoms with Crippen LogP contribution in [0.2, 0.25) is 0 Å². The Morgan fingerprint density at radius 1 is 1.53 bits per heavy atom. The predicted octanol–water partition coefficient (Wildman–Crippen LogP) is -1.63. The zero-order valence-electron chi connectivity index (χ0n) is 8.68. The molecular formula is C8H13N3O4. The molecule has 0 saturated carbocycles. The molecule has 0 unspecified atom stereocenters. The molecule has 7 nitrogen and oxygen atoms in total. The zero-order valence-corrected chi connectivity index (χ0v) is 8.68. The smallest absolute Gasteiger partial charge is 0.311 e. The standard InChI is InChI=1S/C8H13N3O4/c1-4(2)11-7(13)8(14,15)6(10-11)9-5(3)12/h4,14-15H,1-3H3,(H,9,10,12). The van der Waals surface area contributed by atoms with E-state index in [4.69, 9.17) is 0 Å². The van der Waals surface area contributed by atoms with Crippen LogP contribution in [-0.4, -0.2) is 44.7 Å². The first-order valence-electron chi connectivity index (χ1n) is 4.42. The summed E-state index contributed by atoms with van der Waals surface area (Å²) in [6, 6.07) is -0.317. The molecule has 0 fully saturated rings. The molecule has 0 bridgehead atoms. The molecule has 0 spiro atoms. The number of aliphatic hydroxyl groups is 2. The molecule has 84 valence electrons. The SMILES string of the molecule is CC(=O)NC1=NN(C(C)C)C(=O)C1(O)O. The van der Waals surface area contributed by atoms with Crippen molar-refractivity contribution < 1.29 is 19.8 Å². The lowest BCUT2D eigenvalue weighted by atomic mass is 10.2. The molecular weight excluding hydrogens is 202 g/mol. The molecule has 1 rings (SSSR count). The molecule has 1 aliphatic heterocycles. The molecule has 7 heteroatoms. The fraction of sp³-hybridized carbons (Fsp3) is 0.625. The number of hydrazone groups is 1. The molecule has 0 aromatic carbocycles. The summed E-state index contributed by atoms with van der Waals surface area (Å²) >= 11 is 0. The predicted molar refractivity (Wildman–Crippen MR) is 50.4 cm³/mol. The number of carbonyl (C=O) groups excluding carboxylic acids is 2. The second kappa shape index (κ2) is 3.59. The number of hydrogen-bond acceptors (Lipinski definition) is 5. The molecule has 1 heterocycles. The van der Waals surface area contributed by atoms with Crippen LogP contribution in [-0.2, 0) is 9.59 Å².